The smallest absolute Gasteiger partial charge is 0.256 e. The molecule has 3 heterocycles. The maximum absolute atomic E-state index is 12.6. The van der Waals surface area contributed by atoms with Crippen LogP contribution in [-0.4, -0.2) is 66.1 Å². The molecule has 0 bridgehead atoms. The predicted molar refractivity (Wildman–Crippen MR) is 103 cm³/mol. The van der Waals surface area contributed by atoms with Gasteiger partial charge in [0.1, 0.15) is 23.0 Å². The summed E-state index contributed by atoms with van der Waals surface area (Å²) in [4.78, 5) is 17.5. The van der Waals surface area contributed by atoms with Crippen molar-refractivity contribution in [3.63, 3.8) is 0 Å². The van der Waals surface area contributed by atoms with Gasteiger partial charge in [0, 0.05) is 45.1 Å². The zero-order chi connectivity index (χ0) is 19.2. The van der Waals surface area contributed by atoms with Crippen LogP contribution in [0, 0.1) is 18.3 Å². The number of piperazine rings is 1. The summed E-state index contributed by atoms with van der Waals surface area (Å²) >= 11 is 0. The number of aryl methyl sites for hydroxylation is 1. The Hall–Kier alpha value is -2.56. The Balaban J connectivity index is 1.54. The first-order valence-corrected chi connectivity index (χ1v) is 9.53. The molecule has 1 fully saturated rings. The number of rotatable bonds is 7. The normalized spacial score (nSPS) is 15.6. The van der Waals surface area contributed by atoms with Crippen LogP contribution in [0.3, 0.4) is 0 Å². The highest BCUT2D eigenvalue weighted by Crippen LogP contribution is 2.25. The SMILES string of the molecule is CCN1CCN(CCCNC(=O)c2c(C)oc(-n3cccc3)c2C#N)CC1. The van der Waals surface area contributed by atoms with Gasteiger partial charge in [-0.25, -0.2) is 0 Å². The van der Waals surface area contributed by atoms with E-state index >= 15 is 0 Å². The molecule has 0 unspecified atom stereocenters. The number of nitriles is 1. The Morgan fingerprint density at radius 3 is 2.52 bits per heavy atom. The van der Waals surface area contributed by atoms with Gasteiger partial charge in [-0.2, -0.15) is 5.26 Å². The minimum atomic E-state index is -0.248. The molecule has 27 heavy (non-hydrogen) atoms. The molecule has 2 aromatic rings. The number of amides is 1. The number of likely N-dealkylation sites (N-methyl/N-ethyl adjacent to an activating group) is 1. The lowest BCUT2D eigenvalue weighted by atomic mass is 10.1. The van der Waals surface area contributed by atoms with Crippen LogP contribution in [-0.2, 0) is 0 Å². The third-order valence-corrected chi connectivity index (χ3v) is 5.09. The number of hydrogen-bond acceptors (Lipinski definition) is 5. The molecule has 7 heteroatoms. The average Bonchev–Trinajstić information content (AvgIpc) is 3.32. The van der Waals surface area contributed by atoms with E-state index in [1.165, 1.54) is 0 Å². The van der Waals surface area contributed by atoms with E-state index in [0.29, 0.717) is 23.8 Å². The molecule has 0 spiro atoms. The van der Waals surface area contributed by atoms with Gasteiger partial charge in [-0.3, -0.25) is 9.36 Å². The molecular weight excluding hydrogens is 342 g/mol. The number of hydrogen-bond donors (Lipinski definition) is 1. The molecule has 1 N–H and O–H groups in total. The average molecular weight is 369 g/mol. The van der Waals surface area contributed by atoms with Crippen LogP contribution >= 0.6 is 0 Å². The highest BCUT2D eigenvalue weighted by molar-refractivity contribution is 5.98. The van der Waals surface area contributed by atoms with Gasteiger partial charge in [0.15, 0.2) is 0 Å². The van der Waals surface area contributed by atoms with Crippen molar-refractivity contribution in [1.29, 1.82) is 5.26 Å². The Kier molecular flexibility index (Phi) is 6.32. The van der Waals surface area contributed by atoms with Crippen LogP contribution in [0.2, 0.25) is 0 Å². The van der Waals surface area contributed by atoms with Crippen molar-refractivity contribution in [1.82, 2.24) is 19.7 Å². The van der Waals surface area contributed by atoms with Crippen LogP contribution in [0.4, 0.5) is 0 Å². The van der Waals surface area contributed by atoms with Crippen LogP contribution in [0.15, 0.2) is 28.9 Å². The van der Waals surface area contributed by atoms with Crippen molar-refractivity contribution in [2.75, 3.05) is 45.8 Å². The first-order chi connectivity index (χ1) is 13.1. The molecule has 3 rings (SSSR count). The molecule has 1 aliphatic rings. The molecule has 1 saturated heterocycles. The lowest BCUT2D eigenvalue weighted by molar-refractivity contribution is 0.0946. The number of aromatic nitrogens is 1. The van der Waals surface area contributed by atoms with Crippen LogP contribution in [0.25, 0.3) is 5.88 Å². The fourth-order valence-corrected chi connectivity index (χ4v) is 3.48. The number of furan rings is 1. The number of carbonyl (C=O) groups is 1. The predicted octanol–water partition coefficient (Wildman–Crippen LogP) is 2.01. The minimum Gasteiger partial charge on any atom is -0.443 e. The van der Waals surface area contributed by atoms with E-state index in [9.17, 15) is 10.1 Å². The molecule has 1 amide bonds. The Bertz CT molecular complexity index is 795. The highest BCUT2D eigenvalue weighted by Gasteiger charge is 2.24. The summed E-state index contributed by atoms with van der Waals surface area (Å²) in [5, 5.41) is 12.5. The summed E-state index contributed by atoms with van der Waals surface area (Å²) in [5.41, 5.74) is 0.606. The lowest BCUT2D eigenvalue weighted by Gasteiger charge is -2.33. The van der Waals surface area contributed by atoms with Gasteiger partial charge in [0.05, 0.1) is 0 Å². The van der Waals surface area contributed by atoms with Gasteiger partial charge < -0.3 is 19.5 Å². The standard InChI is InChI=1S/C20H27N5O2/c1-3-23-11-13-24(14-12-23)8-6-7-22-19(26)18-16(2)27-20(17(18)15-21)25-9-4-5-10-25/h4-5,9-10H,3,6-8,11-14H2,1-2H3,(H,22,26). The fourth-order valence-electron chi connectivity index (χ4n) is 3.48. The number of nitrogens with zero attached hydrogens (tertiary/aromatic N) is 4. The summed E-state index contributed by atoms with van der Waals surface area (Å²) in [7, 11) is 0. The summed E-state index contributed by atoms with van der Waals surface area (Å²) in [6, 6.07) is 5.81. The monoisotopic (exact) mass is 369 g/mol. The molecular formula is C20H27N5O2. The molecule has 0 saturated carbocycles. The zero-order valence-corrected chi connectivity index (χ0v) is 16.1. The number of nitrogens with one attached hydrogen (secondary N) is 1. The Morgan fingerprint density at radius 2 is 1.89 bits per heavy atom. The highest BCUT2D eigenvalue weighted by atomic mass is 16.4. The van der Waals surface area contributed by atoms with E-state index in [-0.39, 0.29) is 11.5 Å². The van der Waals surface area contributed by atoms with E-state index in [1.54, 1.807) is 23.9 Å². The molecule has 7 nitrogen and oxygen atoms in total. The summed E-state index contributed by atoms with van der Waals surface area (Å²) < 4.78 is 7.40. The Morgan fingerprint density at radius 1 is 1.22 bits per heavy atom. The third kappa shape index (κ3) is 4.41. The zero-order valence-electron chi connectivity index (χ0n) is 16.1. The number of carbonyl (C=O) groups excluding carboxylic acids is 1. The van der Waals surface area contributed by atoms with Crippen molar-refractivity contribution in [2.45, 2.75) is 20.3 Å². The second-order valence-electron chi connectivity index (χ2n) is 6.80. The van der Waals surface area contributed by atoms with Gasteiger partial charge in [-0.15, -0.1) is 0 Å². The second-order valence-corrected chi connectivity index (χ2v) is 6.80. The van der Waals surface area contributed by atoms with Crippen LogP contribution in [0.1, 0.15) is 35.0 Å². The van der Waals surface area contributed by atoms with Gasteiger partial charge in [-0.05, 0) is 38.6 Å². The first-order valence-electron chi connectivity index (χ1n) is 9.53. The summed E-state index contributed by atoms with van der Waals surface area (Å²) in [6.45, 7) is 11.0. The molecule has 0 atom stereocenters. The second kappa shape index (κ2) is 8.89. The van der Waals surface area contributed by atoms with Crippen molar-refractivity contribution < 1.29 is 9.21 Å². The van der Waals surface area contributed by atoms with E-state index in [2.05, 4.69) is 28.1 Å². The molecule has 0 aliphatic carbocycles. The minimum absolute atomic E-state index is 0.248. The van der Waals surface area contributed by atoms with E-state index in [0.717, 1.165) is 45.7 Å². The van der Waals surface area contributed by atoms with Gasteiger partial charge >= 0.3 is 0 Å². The maximum atomic E-state index is 12.6. The molecule has 0 radical (unpaired) electrons. The van der Waals surface area contributed by atoms with Crippen molar-refractivity contribution in [3.05, 3.63) is 41.4 Å². The van der Waals surface area contributed by atoms with Crippen LogP contribution in [0.5, 0.6) is 0 Å². The van der Waals surface area contributed by atoms with Gasteiger partial charge in [0.2, 0.25) is 5.88 Å². The van der Waals surface area contributed by atoms with Gasteiger partial charge in [0.25, 0.3) is 5.91 Å². The third-order valence-electron chi connectivity index (χ3n) is 5.09. The lowest BCUT2D eigenvalue weighted by Crippen LogP contribution is -2.46. The topological polar surface area (TPSA) is 77.4 Å². The summed E-state index contributed by atoms with van der Waals surface area (Å²) in [6.07, 6.45) is 4.47. The van der Waals surface area contributed by atoms with Crippen molar-refractivity contribution in [3.8, 4) is 12.0 Å². The molecule has 0 aromatic carbocycles. The van der Waals surface area contributed by atoms with E-state index in [4.69, 9.17) is 4.42 Å². The van der Waals surface area contributed by atoms with Gasteiger partial charge in [-0.1, -0.05) is 6.92 Å². The molecule has 1 aliphatic heterocycles. The summed E-state index contributed by atoms with van der Waals surface area (Å²) in [5.74, 6) is 0.601. The van der Waals surface area contributed by atoms with Crippen LogP contribution < -0.4 is 5.32 Å². The molecule has 2 aromatic heterocycles. The molecule has 144 valence electrons. The largest absolute Gasteiger partial charge is 0.443 e. The van der Waals surface area contributed by atoms with Crippen molar-refractivity contribution in [2.24, 2.45) is 0 Å². The Labute approximate surface area is 160 Å². The van der Waals surface area contributed by atoms with E-state index in [1.807, 2.05) is 12.1 Å². The maximum Gasteiger partial charge on any atom is 0.256 e. The quantitative estimate of drug-likeness (QED) is 0.756. The fraction of sp³-hybridized carbons (Fsp3) is 0.500. The first kappa shape index (κ1) is 19.2. The van der Waals surface area contributed by atoms with Crippen molar-refractivity contribution >= 4 is 5.91 Å². The van der Waals surface area contributed by atoms with E-state index < -0.39 is 0 Å².